The molecule has 11 rings (SSSR count). The number of hydrogen-bond acceptors (Lipinski definition) is 27. The molecule has 4 saturated carbocycles. The van der Waals surface area contributed by atoms with Crippen molar-refractivity contribution < 1.29 is 133 Å². The molecule has 0 aromatic rings. The van der Waals surface area contributed by atoms with Crippen molar-refractivity contribution in [2.75, 3.05) is 33.0 Å². The van der Waals surface area contributed by atoms with Crippen LogP contribution in [0.4, 0.5) is 0 Å². The molecule has 27 heteroatoms. The summed E-state index contributed by atoms with van der Waals surface area (Å²) in [5, 5.41) is 164. The molecule has 0 aromatic heterocycles. The minimum Gasteiger partial charge on any atom is -0.394 e. The molecule has 7 heterocycles. The highest BCUT2D eigenvalue weighted by Crippen LogP contribution is 2.71. The van der Waals surface area contributed by atoms with E-state index in [1.165, 1.54) is 6.92 Å². The van der Waals surface area contributed by atoms with Gasteiger partial charge < -0.3 is 133 Å². The first-order chi connectivity index (χ1) is 39.9. The Morgan fingerprint density at radius 1 is 0.452 bits per heavy atom. The van der Waals surface area contributed by atoms with Crippen LogP contribution in [0, 0.1) is 52.3 Å². The molecule has 15 N–H and O–H groups in total. The topological polar surface area (TPSA) is 414 Å². The smallest absolute Gasteiger partial charge is 0.187 e. The third kappa shape index (κ3) is 11.3. The van der Waals surface area contributed by atoms with Gasteiger partial charge in [-0.1, -0.05) is 27.7 Å². The van der Waals surface area contributed by atoms with E-state index in [2.05, 4.69) is 27.7 Å². The van der Waals surface area contributed by atoms with Crippen LogP contribution >= 0.6 is 0 Å². The van der Waals surface area contributed by atoms with Gasteiger partial charge in [-0.05, 0) is 111 Å². The van der Waals surface area contributed by atoms with Crippen molar-refractivity contribution in [1.29, 1.82) is 0 Å². The van der Waals surface area contributed by atoms with Crippen LogP contribution in [0.1, 0.15) is 98.8 Å². The van der Waals surface area contributed by atoms with Crippen LogP contribution in [0.25, 0.3) is 0 Å². The first kappa shape index (κ1) is 64.4. The number of fused-ring (bicyclic) bond motifs is 7. The summed E-state index contributed by atoms with van der Waals surface area (Å²) in [6.07, 6.45) is -35.6. The van der Waals surface area contributed by atoms with Crippen LogP contribution in [0.2, 0.25) is 0 Å². The minimum atomic E-state index is -2.18. The molecule has 0 aromatic carbocycles. The average Bonchev–Trinajstić information content (AvgIpc) is 1.58. The van der Waals surface area contributed by atoms with E-state index in [9.17, 15) is 76.6 Å². The highest BCUT2D eigenvalue weighted by Gasteiger charge is 2.70. The van der Waals surface area contributed by atoms with E-state index in [1.54, 1.807) is 0 Å². The highest BCUT2D eigenvalue weighted by molar-refractivity contribution is 5.16. The Morgan fingerprint density at radius 3 is 1.63 bits per heavy atom. The summed E-state index contributed by atoms with van der Waals surface area (Å²) in [7, 11) is 0. The molecular formula is C57H94O27. The van der Waals surface area contributed by atoms with Gasteiger partial charge in [0.15, 0.2) is 37.2 Å². The van der Waals surface area contributed by atoms with Gasteiger partial charge in [0.1, 0.15) is 116 Å². The van der Waals surface area contributed by atoms with E-state index in [4.69, 9.17) is 56.8 Å². The van der Waals surface area contributed by atoms with Gasteiger partial charge in [0.05, 0.1) is 51.3 Å². The zero-order valence-electron chi connectivity index (χ0n) is 48.3. The first-order valence-electron chi connectivity index (χ1n) is 30.7. The Hall–Kier alpha value is -1.08. The Labute approximate surface area is 487 Å². The van der Waals surface area contributed by atoms with Crippen molar-refractivity contribution in [2.45, 2.75) is 270 Å². The monoisotopic (exact) mass is 1210 g/mol. The summed E-state index contributed by atoms with van der Waals surface area (Å²) in [6.45, 7) is 8.30. The molecule has 11 aliphatic rings. The van der Waals surface area contributed by atoms with Gasteiger partial charge in [0, 0.05) is 12.3 Å². The maximum atomic E-state index is 12.5. The molecule has 4 aliphatic carbocycles. The van der Waals surface area contributed by atoms with Crippen LogP contribution < -0.4 is 0 Å². The molecule has 0 bridgehead atoms. The van der Waals surface area contributed by atoms with Crippen molar-refractivity contribution >= 4 is 0 Å². The molecule has 27 nitrogen and oxygen atoms in total. The predicted octanol–water partition coefficient (Wildman–Crippen LogP) is -4.06. The summed E-state index contributed by atoms with van der Waals surface area (Å²) in [6, 6.07) is 0. The summed E-state index contributed by atoms with van der Waals surface area (Å²) in [5.74, 6) is 2.80. The summed E-state index contributed by atoms with van der Waals surface area (Å²) < 4.78 is 73.9. The third-order valence-corrected chi connectivity index (χ3v) is 22.5. The maximum Gasteiger partial charge on any atom is 0.187 e. The van der Waals surface area contributed by atoms with Gasteiger partial charge in [0.25, 0.3) is 0 Å². The van der Waals surface area contributed by atoms with Crippen molar-refractivity contribution in [1.82, 2.24) is 0 Å². The molecular weight excluding hydrogens is 1120 g/mol. The fourth-order valence-electron chi connectivity index (χ4n) is 17.5. The number of aliphatic hydroxyl groups is 15. The fourth-order valence-corrected chi connectivity index (χ4v) is 17.5. The highest BCUT2D eigenvalue weighted by atomic mass is 16.8. The van der Waals surface area contributed by atoms with E-state index < -0.39 is 186 Å². The zero-order valence-corrected chi connectivity index (χ0v) is 48.3. The molecule has 484 valence electrons. The molecule has 0 amide bonds. The second-order valence-electron chi connectivity index (χ2n) is 27.2. The lowest BCUT2D eigenvalue weighted by atomic mass is 9.44. The summed E-state index contributed by atoms with van der Waals surface area (Å²) >= 11 is 0. The molecule has 84 heavy (non-hydrogen) atoms. The standard InChI is InChI=1S/C57H94O27/c1-21-8-13-57(74-19-21)22(2)34-29(84-57)15-28-26-7-6-24-14-25(9-11-55(24,4)27(26)10-12-56(28,34)5)76-51-45(71)41(67)47(32(18-60)79-51)82-54-49(83-53-44(70)40(66)37(63)31(17-59)78-53)46(72)48(81-52-43(69)39(65)36(62)30(16-58)77-52)33(80-54)20-73-50-42(68)38(64)35(61)23(3)75-50/h21-54,58-72H,6-20H2,1-5H3/t21-,22-,23+,24+,25-,26+,27-,28-,29-,30+,31+,32+,33+,34-,35+,36-,37+,38-,39-,40-,41+,42+,43+,44+,45+,46-,47+,48+,49+,50+,51+,52-,53-,54-,55-,56-,57+/m0/s1. The normalized spacial score (nSPS) is 57.7. The number of ether oxygens (including phenoxy) is 12. The van der Waals surface area contributed by atoms with Gasteiger partial charge in [-0.25, -0.2) is 0 Å². The predicted molar refractivity (Wildman–Crippen MR) is 279 cm³/mol. The first-order valence-corrected chi connectivity index (χ1v) is 30.7. The second-order valence-corrected chi connectivity index (χ2v) is 27.2. The minimum absolute atomic E-state index is 0.0439. The molecule has 37 atom stereocenters. The van der Waals surface area contributed by atoms with Crippen LogP contribution in [0.3, 0.4) is 0 Å². The maximum absolute atomic E-state index is 12.5. The van der Waals surface area contributed by atoms with Gasteiger partial charge in [-0.15, -0.1) is 0 Å². The summed E-state index contributed by atoms with van der Waals surface area (Å²) in [5.41, 5.74) is 0.211. The molecule has 7 saturated heterocycles. The molecule has 0 unspecified atom stereocenters. The lowest BCUT2D eigenvalue weighted by Crippen LogP contribution is -2.68. The molecule has 7 aliphatic heterocycles. The Kier molecular flexibility index (Phi) is 19.3. The largest absolute Gasteiger partial charge is 0.394 e. The van der Waals surface area contributed by atoms with E-state index in [-0.39, 0.29) is 23.0 Å². The second kappa shape index (κ2) is 25.2. The Morgan fingerprint density at radius 2 is 1.00 bits per heavy atom. The van der Waals surface area contributed by atoms with Gasteiger partial charge in [-0.2, -0.15) is 0 Å². The van der Waals surface area contributed by atoms with Crippen molar-refractivity contribution in [3.63, 3.8) is 0 Å². The van der Waals surface area contributed by atoms with Crippen LogP contribution in [-0.4, -0.2) is 281 Å². The van der Waals surface area contributed by atoms with Crippen molar-refractivity contribution in [3.8, 4) is 0 Å². The average molecular weight is 1210 g/mol. The van der Waals surface area contributed by atoms with Crippen LogP contribution in [0.5, 0.6) is 0 Å². The SMILES string of the molecule is C[C@H]1CC[C@@]2(OC1)O[C@H]1C[C@H]3[C@@H]4CC[C@@H]5C[C@@H](O[C@@H]6O[C@H](CO)[C@@H](O[C@@H]7O[C@H](CO[C@@H]8O[C@H](C)[C@@H](O)[C@H](O)[C@H]8O)[C@@H](O[C@@H]8O[C@H](CO)[C@H](O)[C@H](O)[C@H]8O)[C@H](O)[C@H]7O[C@@H]7O[C@H](CO)[C@@H](O)[C@H](O)[C@H]7O)[C@H](O)[C@H]6O)CC[C@]5(C)[C@H]4CC[C@]3(C)[C@H]1[C@@H]2C. The lowest BCUT2D eigenvalue weighted by Gasteiger charge is -2.61. The Bertz CT molecular complexity index is 2180. The van der Waals surface area contributed by atoms with Crippen LogP contribution in [-0.2, 0) is 56.8 Å². The fraction of sp³-hybridized carbons (Fsp3) is 1.00. The van der Waals surface area contributed by atoms with E-state index in [1.807, 2.05) is 0 Å². The quantitative estimate of drug-likeness (QED) is 0.0736. The number of aliphatic hydroxyl groups excluding tert-OH is 15. The Balaban J connectivity index is 0.797. The van der Waals surface area contributed by atoms with Crippen LogP contribution in [0.15, 0.2) is 0 Å². The number of rotatable bonds is 14. The van der Waals surface area contributed by atoms with Crippen molar-refractivity contribution in [2.24, 2.45) is 52.3 Å². The molecule has 1 spiro atoms. The molecule has 11 fully saturated rings. The molecule has 0 radical (unpaired) electrons. The zero-order chi connectivity index (χ0) is 60.2. The summed E-state index contributed by atoms with van der Waals surface area (Å²) in [4.78, 5) is 0. The van der Waals surface area contributed by atoms with Gasteiger partial charge >= 0.3 is 0 Å². The van der Waals surface area contributed by atoms with Gasteiger partial charge in [-0.3, -0.25) is 0 Å². The third-order valence-electron chi connectivity index (χ3n) is 22.5. The van der Waals surface area contributed by atoms with Crippen molar-refractivity contribution in [3.05, 3.63) is 0 Å². The number of hydrogen-bond donors (Lipinski definition) is 15. The lowest BCUT2D eigenvalue weighted by molar-refractivity contribution is -0.406. The van der Waals surface area contributed by atoms with E-state index in [0.717, 1.165) is 58.0 Å². The van der Waals surface area contributed by atoms with Gasteiger partial charge in [0.2, 0.25) is 0 Å². The van der Waals surface area contributed by atoms with E-state index in [0.29, 0.717) is 54.3 Å². The van der Waals surface area contributed by atoms with E-state index >= 15 is 0 Å².